The predicted octanol–water partition coefficient (Wildman–Crippen LogP) is 1.67. The van der Waals surface area contributed by atoms with Gasteiger partial charge >= 0.3 is 0 Å². The summed E-state index contributed by atoms with van der Waals surface area (Å²) in [7, 11) is 0. The van der Waals surface area contributed by atoms with Gasteiger partial charge in [0.25, 0.3) is 0 Å². The van der Waals surface area contributed by atoms with E-state index in [9.17, 15) is 9.18 Å². The van der Waals surface area contributed by atoms with Crippen LogP contribution < -0.4 is 5.32 Å². The van der Waals surface area contributed by atoms with Crippen LogP contribution in [0, 0.1) is 5.82 Å². The van der Waals surface area contributed by atoms with Gasteiger partial charge in [0.05, 0.1) is 6.42 Å². The summed E-state index contributed by atoms with van der Waals surface area (Å²) in [6.45, 7) is 3.92. The van der Waals surface area contributed by atoms with Crippen molar-refractivity contribution in [3.05, 3.63) is 48.3 Å². The van der Waals surface area contributed by atoms with Gasteiger partial charge in [0.2, 0.25) is 5.91 Å². The standard InChI is InChI=1S/C11H12FNO/c1-2-6-13-11(14)8-9-4-3-5-10(12)7-9/h2-5,7H,1,6,8H2,(H,13,14). The number of halogens is 1. The maximum Gasteiger partial charge on any atom is 0.224 e. The molecule has 74 valence electrons. The van der Waals surface area contributed by atoms with Crippen LogP contribution in [-0.4, -0.2) is 12.5 Å². The summed E-state index contributed by atoms with van der Waals surface area (Å²) in [5.41, 5.74) is 0.673. The highest BCUT2D eigenvalue weighted by Crippen LogP contribution is 2.03. The number of carbonyl (C=O) groups excluding carboxylic acids is 1. The molecule has 1 amide bonds. The number of benzene rings is 1. The zero-order valence-electron chi connectivity index (χ0n) is 7.79. The lowest BCUT2D eigenvalue weighted by atomic mass is 10.1. The van der Waals surface area contributed by atoms with Crippen LogP contribution in [0.4, 0.5) is 4.39 Å². The summed E-state index contributed by atoms with van der Waals surface area (Å²) in [6, 6.07) is 6.01. The second-order valence-corrected chi connectivity index (χ2v) is 2.90. The van der Waals surface area contributed by atoms with Crippen LogP contribution in [-0.2, 0) is 11.2 Å². The van der Waals surface area contributed by atoms with Crippen molar-refractivity contribution in [2.75, 3.05) is 6.54 Å². The quantitative estimate of drug-likeness (QED) is 0.724. The van der Waals surface area contributed by atoms with Gasteiger partial charge in [0.1, 0.15) is 5.82 Å². The Morgan fingerprint density at radius 2 is 2.36 bits per heavy atom. The largest absolute Gasteiger partial charge is 0.352 e. The highest BCUT2D eigenvalue weighted by molar-refractivity contribution is 5.78. The molecular weight excluding hydrogens is 181 g/mol. The summed E-state index contributed by atoms with van der Waals surface area (Å²) < 4.78 is 12.7. The van der Waals surface area contributed by atoms with E-state index in [1.165, 1.54) is 12.1 Å². The van der Waals surface area contributed by atoms with Crippen molar-refractivity contribution in [1.29, 1.82) is 0 Å². The molecule has 0 saturated heterocycles. The van der Waals surface area contributed by atoms with Crippen LogP contribution in [0.25, 0.3) is 0 Å². The third kappa shape index (κ3) is 3.39. The summed E-state index contributed by atoms with van der Waals surface area (Å²) in [5, 5.41) is 2.62. The van der Waals surface area contributed by atoms with E-state index >= 15 is 0 Å². The van der Waals surface area contributed by atoms with Crippen LogP contribution in [0.1, 0.15) is 5.56 Å². The van der Waals surface area contributed by atoms with Crippen LogP contribution in [0.2, 0.25) is 0 Å². The molecule has 0 bridgehead atoms. The fourth-order valence-corrected chi connectivity index (χ4v) is 1.08. The Hall–Kier alpha value is -1.64. The average Bonchev–Trinajstić information content (AvgIpc) is 2.15. The van der Waals surface area contributed by atoms with Crippen molar-refractivity contribution >= 4 is 5.91 Å². The molecule has 0 spiro atoms. The predicted molar refractivity (Wildman–Crippen MR) is 53.3 cm³/mol. The molecule has 0 aliphatic heterocycles. The highest BCUT2D eigenvalue weighted by Gasteiger charge is 2.02. The van der Waals surface area contributed by atoms with Gasteiger partial charge in [-0.3, -0.25) is 4.79 Å². The van der Waals surface area contributed by atoms with Gasteiger partial charge in [-0.1, -0.05) is 18.2 Å². The number of rotatable bonds is 4. The SMILES string of the molecule is C=CCNC(=O)Cc1cccc(F)c1. The molecule has 0 aliphatic rings. The second-order valence-electron chi connectivity index (χ2n) is 2.90. The molecule has 0 heterocycles. The lowest BCUT2D eigenvalue weighted by molar-refractivity contribution is -0.120. The maximum absolute atomic E-state index is 12.7. The monoisotopic (exact) mass is 193 g/mol. The first-order valence-electron chi connectivity index (χ1n) is 4.34. The van der Waals surface area contributed by atoms with Crippen molar-refractivity contribution < 1.29 is 9.18 Å². The Kier molecular flexibility index (Phi) is 3.85. The smallest absolute Gasteiger partial charge is 0.224 e. The number of carbonyl (C=O) groups is 1. The highest BCUT2D eigenvalue weighted by atomic mass is 19.1. The Morgan fingerprint density at radius 3 is 3.00 bits per heavy atom. The molecule has 2 nitrogen and oxygen atoms in total. The lowest BCUT2D eigenvalue weighted by Crippen LogP contribution is -2.24. The summed E-state index contributed by atoms with van der Waals surface area (Å²) in [4.78, 5) is 11.2. The van der Waals surface area contributed by atoms with E-state index in [1.807, 2.05) is 0 Å². The van der Waals surface area contributed by atoms with Gasteiger partial charge in [-0.05, 0) is 17.7 Å². The Labute approximate surface area is 82.4 Å². The zero-order chi connectivity index (χ0) is 10.4. The van der Waals surface area contributed by atoms with Gasteiger partial charge in [-0.2, -0.15) is 0 Å². The normalized spacial score (nSPS) is 9.50. The van der Waals surface area contributed by atoms with E-state index in [0.717, 1.165) is 0 Å². The van der Waals surface area contributed by atoms with Crippen molar-refractivity contribution in [3.63, 3.8) is 0 Å². The molecule has 14 heavy (non-hydrogen) atoms. The van der Waals surface area contributed by atoms with Crippen molar-refractivity contribution in [2.24, 2.45) is 0 Å². The average molecular weight is 193 g/mol. The molecule has 3 heteroatoms. The van der Waals surface area contributed by atoms with E-state index < -0.39 is 0 Å². The molecule has 0 saturated carbocycles. The van der Waals surface area contributed by atoms with Crippen LogP contribution in [0.3, 0.4) is 0 Å². The van der Waals surface area contributed by atoms with Gasteiger partial charge in [-0.15, -0.1) is 6.58 Å². The fraction of sp³-hybridized carbons (Fsp3) is 0.182. The first-order chi connectivity index (χ1) is 6.72. The minimum atomic E-state index is -0.320. The third-order valence-electron chi connectivity index (χ3n) is 1.70. The summed E-state index contributed by atoms with van der Waals surface area (Å²) in [6.07, 6.45) is 1.80. The molecule has 0 aliphatic carbocycles. The maximum atomic E-state index is 12.7. The van der Waals surface area contributed by atoms with Crippen LogP contribution in [0.15, 0.2) is 36.9 Å². The summed E-state index contributed by atoms with van der Waals surface area (Å²) in [5.74, 6) is -0.450. The fourth-order valence-electron chi connectivity index (χ4n) is 1.08. The first kappa shape index (κ1) is 10.4. The number of amides is 1. The van der Waals surface area contributed by atoms with Crippen molar-refractivity contribution in [2.45, 2.75) is 6.42 Å². The Bertz CT molecular complexity index is 336. The number of hydrogen-bond acceptors (Lipinski definition) is 1. The molecule has 1 aromatic rings. The van der Waals surface area contributed by atoms with Crippen molar-refractivity contribution in [3.8, 4) is 0 Å². The Balaban J connectivity index is 2.51. The first-order valence-corrected chi connectivity index (χ1v) is 4.34. The van der Waals surface area contributed by atoms with E-state index in [2.05, 4.69) is 11.9 Å². The van der Waals surface area contributed by atoms with Gasteiger partial charge in [0, 0.05) is 6.54 Å². The van der Waals surface area contributed by atoms with Crippen LogP contribution >= 0.6 is 0 Å². The van der Waals surface area contributed by atoms with E-state index in [0.29, 0.717) is 12.1 Å². The molecule has 0 aromatic heterocycles. The Morgan fingerprint density at radius 1 is 1.57 bits per heavy atom. The van der Waals surface area contributed by atoms with Gasteiger partial charge in [-0.25, -0.2) is 4.39 Å². The van der Waals surface area contributed by atoms with Gasteiger partial charge in [0.15, 0.2) is 0 Å². The molecule has 1 aromatic carbocycles. The molecule has 0 atom stereocenters. The minimum Gasteiger partial charge on any atom is -0.352 e. The lowest BCUT2D eigenvalue weighted by Gasteiger charge is -2.02. The summed E-state index contributed by atoms with van der Waals surface area (Å²) >= 11 is 0. The molecule has 1 rings (SSSR count). The van der Waals surface area contributed by atoms with Crippen LogP contribution in [0.5, 0.6) is 0 Å². The molecular formula is C11H12FNO. The molecule has 0 unspecified atom stereocenters. The molecule has 0 radical (unpaired) electrons. The number of nitrogens with one attached hydrogen (secondary N) is 1. The van der Waals surface area contributed by atoms with E-state index in [4.69, 9.17) is 0 Å². The molecule has 0 fully saturated rings. The number of hydrogen-bond donors (Lipinski definition) is 1. The topological polar surface area (TPSA) is 29.1 Å². The third-order valence-corrected chi connectivity index (χ3v) is 1.70. The van der Waals surface area contributed by atoms with E-state index in [-0.39, 0.29) is 18.1 Å². The van der Waals surface area contributed by atoms with Gasteiger partial charge < -0.3 is 5.32 Å². The van der Waals surface area contributed by atoms with Crippen molar-refractivity contribution in [1.82, 2.24) is 5.32 Å². The molecule has 1 N–H and O–H groups in total. The van der Waals surface area contributed by atoms with E-state index in [1.54, 1.807) is 18.2 Å². The second kappa shape index (κ2) is 5.17. The minimum absolute atomic E-state index is 0.129. The zero-order valence-corrected chi connectivity index (χ0v) is 7.79.